The van der Waals surface area contributed by atoms with E-state index in [4.69, 9.17) is 0 Å². The molecule has 0 aliphatic carbocycles. The van der Waals surface area contributed by atoms with E-state index in [9.17, 15) is 4.39 Å². The van der Waals surface area contributed by atoms with E-state index in [1.54, 1.807) is 23.9 Å². The van der Waals surface area contributed by atoms with Gasteiger partial charge in [-0.3, -0.25) is 0 Å². The van der Waals surface area contributed by atoms with Crippen LogP contribution in [-0.2, 0) is 5.75 Å². The van der Waals surface area contributed by atoms with E-state index in [0.29, 0.717) is 0 Å². The lowest BCUT2D eigenvalue weighted by molar-refractivity contribution is 0.626. The van der Waals surface area contributed by atoms with Crippen LogP contribution in [0.1, 0.15) is 5.56 Å². The second-order valence-corrected chi connectivity index (χ2v) is 5.48. The molecule has 0 aliphatic heterocycles. The third kappa shape index (κ3) is 2.96. The van der Waals surface area contributed by atoms with E-state index in [0.717, 1.165) is 11.3 Å². The smallest absolute Gasteiger partial charge is 0.123 e. The van der Waals surface area contributed by atoms with Gasteiger partial charge in [0.2, 0.25) is 0 Å². The summed E-state index contributed by atoms with van der Waals surface area (Å²) >= 11 is 1.73. The number of benzene rings is 3. The maximum atomic E-state index is 13.1. The highest BCUT2D eigenvalue weighted by molar-refractivity contribution is 7.98. The average Bonchev–Trinajstić information content (AvgIpc) is 2.45. The fourth-order valence-corrected chi connectivity index (χ4v) is 2.94. The normalized spacial score (nSPS) is 10.8. The molecule has 2 heteroatoms. The third-order valence-electron chi connectivity index (χ3n) is 3.02. The molecule has 0 amide bonds. The molecule has 0 aromatic heterocycles. The largest absolute Gasteiger partial charge is 0.207 e. The van der Waals surface area contributed by atoms with Crippen LogP contribution in [0, 0.1) is 5.82 Å². The highest BCUT2D eigenvalue weighted by atomic mass is 32.2. The number of fused-ring (bicyclic) bond motifs is 1. The predicted molar refractivity (Wildman–Crippen MR) is 79.9 cm³/mol. The third-order valence-corrected chi connectivity index (χ3v) is 4.08. The topological polar surface area (TPSA) is 0 Å². The van der Waals surface area contributed by atoms with Crippen LogP contribution in [-0.4, -0.2) is 0 Å². The molecule has 19 heavy (non-hydrogen) atoms. The molecular weight excluding hydrogens is 255 g/mol. The fourth-order valence-electron chi connectivity index (χ4n) is 2.05. The highest BCUT2D eigenvalue weighted by Gasteiger charge is 1.99. The molecule has 0 fully saturated rings. The van der Waals surface area contributed by atoms with Crippen molar-refractivity contribution in [2.45, 2.75) is 10.6 Å². The van der Waals surface area contributed by atoms with E-state index in [2.05, 4.69) is 30.3 Å². The zero-order valence-corrected chi connectivity index (χ0v) is 11.2. The first-order valence-electron chi connectivity index (χ1n) is 6.17. The van der Waals surface area contributed by atoms with Gasteiger partial charge in [0.25, 0.3) is 0 Å². The van der Waals surface area contributed by atoms with Gasteiger partial charge in [-0.1, -0.05) is 42.5 Å². The van der Waals surface area contributed by atoms with Gasteiger partial charge in [-0.05, 0) is 40.6 Å². The van der Waals surface area contributed by atoms with Crippen molar-refractivity contribution in [1.29, 1.82) is 0 Å². The maximum Gasteiger partial charge on any atom is 0.123 e. The van der Waals surface area contributed by atoms with E-state index < -0.39 is 0 Å². The molecule has 0 nitrogen and oxygen atoms in total. The van der Waals surface area contributed by atoms with Gasteiger partial charge in [-0.25, -0.2) is 4.39 Å². The van der Waals surface area contributed by atoms with Gasteiger partial charge >= 0.3 is 0 Å². The molecule has 0 radical (unpaired) electrons. The van der Waals surface area contributed by atoms with Crippen molar-refractivity contribution >= 4 is 22.5 Å². The van der Waals surface area contributed by atoms with Crippen molar-refractivity contribution in [2.75, 3.05) is 0 Å². The number of hydrogen-bond donors (Lipinski definition) is 0. The zero-order chi connectivity index (χ0) is 13.1. The Bertz CT molecular complexity index is 706. The molecule has 0 saturated heterocycles. The minimum Gasteiger partial charge on any atom is -0.207 e. The SMILES string of the molecule is Fc1cccc(CSc2ccc3ccccc3c2)c1. The number of halogens is 1. The lowest BCUT2D eigenvalue weighted by atomic mass is 10.1. The second kappa shape index (κ2) is 5.45. The number of thioether (sulfide) groups is 1. The monoisotopic (exact) mass is 268 g/mol. The Morgan fingerprint density at radius 1 is 0.789 bits per heavy atom. The van der Waals surface area contributed by atoms with Gasteiger partial charge in [0.05, 0.1) is 0 Å². The van der Waals surface area contributed by atoms with Crippen LogP contribution in [0.3, 0.4) is 0 Å². The van der Waals surface area contributed by atoms with Crippen LogP contribution in [0.15, 0.2) is 71.6 Å². The molecular formula is C17H13FS. The molecule has 0 saturated carbocycles. The molecule has 0 spiro atoms. The van der Waals surface area contributed by atoms with Crippen molar-refractivity contribution in [3.8, 4) is 0 Å². The lowest BCUT2D eigenvalue weighted by Gasteiger charge is -2.04. The van der Waals surface area contributed by atoms with Crippen LogP contribution in [0.2, 0.25) is 0 Å². The van der Waals surface area contributed by atoms with Gasteiger partial charge in [0, 0.05) is 10.6 Å². The van der Waals surface area contributed by atoms with Crippen molar-refractivity contribution in [2.24, 2.45) is 0 Å². The molecule has 0 unspecified atom stereocenters. The first kappa shape index (κ1) is 12.2. The number of rotatable bonds is 3. The van der Waals surface area contributed by atoms with E-state index in [1.807, 2.05) is 18.2 Å². The summed E-state index contributed by atoms with van der Waals surface area (Å²) in [5, 5.41) is 2.49. The van der Waals surface area contributed by atoms with Gasteiger partial charge in [0.15, 0.2) is 0 Å². The highest BCUT2D eigenvalue weighted by Crippen LogP contribution is 2.26. The summed E-state index contributed by atoms with van der Waals surface area (Å²) in [6.07, 6.45) is 0. The summed E-state index contributed by atoms with van der Waals surface area (Å²) in [6, 6.07) is 21.5. The van der Waals surface area contributed by atoms with Crippen LogP contribution in [0.25, 0.3) is 10.8 Å². The van der Waals surface area contributed by atoms with Gasteiger partial charge in [-0.2, -0.15) is 0 Å². The molecule has 3 rings (SSSR count). The summed E-state index contributed by atoms with van der Waals surface area (Å²) in [4.78, 5) is 1.21. The van der Waals surface area contributed by atoms with E-state index in [-0.39, 0.29) is 5.82 Å². The van der Waals surface area contributed by atoms with Crippen LogP contribution in [0.5, 0.6) is 0 Å². The van der Waals surface area contributed by atoms with Crippen LogP contribution < -0.4 is 0 Å². The van der Waals surface area contributed by atoms with Crippen LogP contribution in [0.4, 0.5) is 4.39 Å². The first-order chi connectivity index (χ1) is 9.31. The Kier molecular flexibility index (Phi) is 3.51. The van der Waals surface area contributed by atoms with Crippen LogP contribution >= 0.6 is 11.8 Å². The van der Waals surface area contributed by atoms with Crippen molar-refractivity contribution in [1.82, 2.24) is 0 Å². The number of hydrogen-bond acceptors (Lipinski definition) is 1. The predicted octanol–water partition coefficient (Wildman–Crippen LogP) is 5.27. The molecule has 94 valence electrons. The summed E-state index contributed by atoms with van der Waals surface area (Å²) in [5.41, 5.74) is 1.01. The Balaban J connectivity index is 1.78. The molecule has 0 heterocycles. The molecule has 3 aromatic carbocycles. The fraction of sp³-hybridized carbons (Fsp3) is 0.0588. The summed E-state index contributed by atoms with van der Waals surface area (Å²) in [7, 11) is 0. The van der Waals surface area contributed by atoms with Gasteiger partial charge in [-0.15, -0.1) is 11.8 Å². The molecule has 0 aliphatic rings. The quantitative estimate of drug-likeness (QED) is 0.583. The zero-order valence-electron chi connectivity index (χ0n) is 10.3. The van der Waals surface area contributed by atoms with Gasteiger partial charge < -0.3 is 0 Å². The standard InChI is InChI=1S/C17H13FS/c18-16-7-3-4-13(10-16)12-19-17-9-8-14-5-1-2-6-15(14)11-17/h1-11H,12H2. The second-order valence-electron chi connectivity index (χ2n) is 4.43. The summed E-state index contributed by atoms with van der Waals surface area (Å²) < 4.78 is 13.1. The minimum absolute atomic E-state index is 0.170. The van der Waals surface area contributed by atoms with Gasteiger partial charge in [0.1, 0.15) is 5.82 Å². The first-order valence-corrected chi connectivity index (χ1v) is 7.16. The summed E-state index contributed by atoms with van der Waals surface area (Å²) in [5.74, 6) is 0.618. The van der Waals surface area contributed by atoms with E-state index >= 15 is 0 Å². The minimum atomic E-state index is -0.170. The molecule has 0 N–H and O–H groups in total. The van der Waals surface area contributed by atoms with E-state index in [1.165, 1.54) is 21.7 Å². The Morgan fingerprint density at radius 2 is 1.63 bits per heavy atom. The lowest BCUT2D eigenvalue weighted by Crippen LogP contribution is -1.82. The van der Waals surface area contributed by atoms with Crippen molar-refractivity contribution in [3.63, 3.8) is 0 Å². The van der Waals surface area contributed by atoms with Crippen molar-refractivity contribution in [3.05, 3.63) is 78.1 Å². The Labute approximate surface area is 116 Å². The molecule has 0 bridgehead atoms. The Hall–Kier alpha value is -1.80. The maximum absolute atomic E-state index is 13.1. The Morgan fingerprint density at radius 3 is 2.47 bits per heavy atom. The molecule has 0 atom stereocenters. The average molecular weight is 268 g/mol. The molecule has 3 aromatic rings. The van der Waals surface area contributed by atoms with Crippen molar-refractivity contribution < 1.29 is 4.39 Å². The summed E-state index contributed by atoms with van der Waals surface area (Å²) in [6.45, 7) is 0.